The Kier molecular flexibility index (Phi) is 4.00. The topological polar surface area (TPSA) is 89.2 Å². The van der Waals surface area contributed by atoms with Gasteiger partial charge in [0.1, 0.15) is 5.69 Å². The van der Waals surface area contributed by atoms with Gasteiger partial charge in [0.2, 0.25) is 5.88 Å². The molecule has 0 spiro atoms. The number of amides is 1. The summed E-state index contributed by atoms with van der Waals surface area (Å²) in [6.07, 6.45) is 3.03. The molecule has 3 aromatic rings. The van der Waals surface area contributed by atoms with Gasteiger partial charge in [0.05, 0.1) is 16.4 Å². The maximum atomic E-state index is 12.5. The number of fused-ring (bicyclic) bond motifs is 1. The van der Waals surface area contributed by atoms with Crippen molar-refractivity contribution in [3.63, 3.8) is 0 Å². The molecule has 2 N–H and O–H groups in total. The van der Waals surface area contributed by atoms with Gasteiger partial charge in [-0.3, -0.25) is 14.3 Å². The van der Waals surface area contributed by atoms with Crippen molar-refractivity contribution in [1.29, 1.82) is 0 Å². The molecule has 0 radical (unpaired) electrons. The van der Waals surface area contributed by atoms with Crippen molar-refractivity contribution < 1.29 is 9.90 Å². The van der Waals surface area contributed by atoms with Crippen LogP contribution in [0, 0.1) is 0 Å². The van der Waals surface area contributed by atoms with Gasteiger partial charge in [-0.05, 0) is 43.2 Å². The van der Waals surface area contributed by atoms with E-state index in [4.69, 9.17) is 11.6 Å². The van der Waals surface area contributed by atoms with Gasteiger partial charge >= 0.3 is 5.69 Å². The number of halogens is 1. The lowest BCUT2D eigenvalue weighted by atomic mass is 10.2. The molecule has 8 heteroatoms. The fraction of sp³-hybridized carbons (Fsp3) is 0.167. The number of nitrogens with zero attached hydrogens (tertiary/aromatic N) is 3. The van der Waals surface area contributed by atoms with Crippen LogP contribution in [0.15, 0.2) is 47.4 Å². The number of aromatic nitrogens is 3. The lowest BCUT2D eigenvalue weighted by Gasteiger charge is -2.10. The van der Waals surface area contributed by atoms with Crippen molar-refractivity contribution in [3.05, 3.63) is 69.5 Å². The highest BCUT2D eigenvalue weighted by molar-refractivity contribution is 6.32. The van der Waals surface area contributed by atoms with E-state index in [1.165, 1.54) is 16.8 Å². The highest BCUT2D eigenvalue weighted by Crippen LogP contribution is 2.30. The number of benzene rings is 1. The number of rotatable bonds is 3. The molecular formula is C18H15ClN4O3. The van der Waals surface area contributed by atoms with Crippen LogP contribution in [-0.4, -0.2) is 25.1 Å². The van der Waals surface area contributed by atoms with Gasteiger partial charge < -0.3 is 10.4 Å². The largest absolute Gasteiger partial charge is 0.493 e. The van der Waals surface area contributed by atoms with Crippen LogP contribution in [0.2, 0.25) is 5.02 Å². The average molecular weight is 371 g/mol. The Morgan fingerprint density at radius 3 is 2.81 bits per heavy atom. The van der Waals surface area contributed by atoms with Crippen molar-refractivity contribution in [2.75, 3.05) is 5.32 Å². The van der Waals surface area contributed by atoms with Gasteiger partial charge in [-0.2, -0.15) is 0 Å². The third kappa shape index (κ3) is 2.66. The summed E-state index contributed by atoms with van der Waals surface area (Å²) in [5.41, 5.74) is 1.42. The molecule has 0 bridgehead atoms. The summed E-state index contributed by atoms with van der Waals surface area (Å²) in [4.78, 5) is 28.7. The molecule has 7 nitrogen and oxygen atoms in total. The van der Waals surface area contributed by atoms with Crippen LogP contribution in [0.25, 0.3) is 5.69 Å². The zero-order valence-corrected chi connectivity index (χ0v) is 14.4. The maximum Gasteiger partial charge on any atom is 0.335 e. The minimum Gasteiger partial charge on any atom is -0.493 e. The summed E-state index contributed by atoms with van der Waals surface area (Å²) >= 11 is 6.31. The summed E-state index contributed by atoms with van der Waals surface area (Å²) < 4.78 is 2.75. The molecular weight excluding hydrogens is 356 g/mol. The van der Waals surface area contributed by atoms with Gasteiger partial charge in [0.25, 0.3) is 5.91 Å². The van der Waals surface area contributed by atoms with Gasteiger partial charge in [-0.1, -0.05) is 17.7 Å². The number of carbonyl (C=O) groups excluding carboxylic acids is 1. The van der Waals surface area contributed by atoms with Crippen LogP contribution in [0.4, 0.5) is 5.69 Å². The van der Waals surface area contributed by atoms with Crippen LogP contribution in [-0.2, 0) is 13.0 Å². The van der Waals surface area contributed by atoms with E-state index in [0.717, 1.165) is 6.42 Å². The second kappa shape index (κ2) is 6.34. The molecule has 1 aliphatic heterocycles. The van der Waals surface area contributed by atoms with Crippen LogP contribution in [0.3, 0.4) is 0 Å². The molecule has 4 rings (SSSR count). The summed E-state index contributed by atoms with van der Waals surface area (Å²) in [6.45, 7) is 0.588. The number of pyridine rings is 1. The quantitative estimate of drug-likeness (QED) is 0.741. The number of nitrogens with one attached hydrogen (secondary N) is 1. The van der Waals surface area contributed by atoms with Crippen LogP contribution in [0.5, 0.6) is 5.88 Å². The predicted molar refractivity (Wildman–Crippen MR) is 97.2 cm³/mol. The Hall–Kier alpha value is -3.06. The first-order valence-electron chi connectivity index (χ1n) is 8.12. The Morgan fingerprint density at radius 2 is 2.12 bits per heavy atom. The number of carbonyl (C=O) groups is 1. The minimum absolute atomic E-state index is 0.0836. The number of imidazole rings is 1. The van der Waals surface area contributed by atoms with E-state index in [1.807, 2.05) is 0 Å². The van der Waals surface area contributed by atoms with Crippen LogP contribution in [0.1, 0.15) is 22.6 Å². The molecule has 0 aliphatic carbocycles. The van der Waals surface area contributed by atoms with Crippen molar-refractivity contribution >= 4 is 23.2 Å². The van der Waals surface area contributed by atoms with Gasteiger partial charge in [-0.25, -0.2) is 9.36 Å². The maximum absolute atomic E-state index is 12.5. The Morgan fingerprint density at radius 1 is 1.27 bits per heavy atom. The van der Waals surface area contributed by atoms with E-state index in [1.54, 1.807) is 34.9 Å². The predicted octanol–water partition coefficient (Wildman–Crippen LogP) is 2.59. The molecule has 0 saturated carbocycles. The highest BCUT2D eigenvalue weighted by atomic mass is 35.5. The van der Waals surface area contributed by atoms with E-state index in [9.17, 15) is 14.7 Å². The van der Waals surface area contributed by atoms with E-state index < -0.39 is 0 Å². The Labute approximate surface area is 153 Å². The van der Waals surface area contributed by atoms with E-state index >= 15 is 0 Å². The molecule has 2 aromatic heterocycles. The fourth-order valence-electron chi connectivity index (χ4n) is 3.13. The molecule has 26 heavy (non-hydrogen) atoms. The lowest BCUT2D eigenvalue weighted by Crippen LogP contribution is -2.22. The summed E-state index contributed by atoms with van der Waals surface area (Å²) in [5.74, 6) is -0.447. The second-order valence-corrected chi connectivity index (χ2v) is 6.39. The van der Waals surface area contributed by atoms with E-state index in [-0.39, 0.29) is 28.2 Å². The molecule has 1 amide bonds. The molecule has 1 aromatic carbocycles. The highest BCUT2D eigenvalue weighted by Gasteiger charge is 2.25. The van der Waals surface area contributed by atoms with Crippen LogP contribution >= 0.6 is 11.6 Å². The Bertz CT molecular complexity index is 1060. The molecule has 0 fully saturated rings. The minimum atomic E-state index is -0.364. The first-order valence-corrected chi connectivity index (χ1v) is 8.50. The SMILES string of the molecule is O=C(Nc1ccc(-n2c(O)c3n(c2=O)CCC3)c(Cl)c1)c1ccccn1. The summed E-state index contributed by atoms with van der Waals surface area (Å²) in [5, 5.41) is 13.3. The monoisotopic (exact) mass is 370 g/mol. The number of hydrogen-bond donors (Lipinski definition) is 2. The standard InChI is InChI=1S/C18H15ClN4O3/c19-12-10-11(21-16(24)13-4-1-2-8-20-13)6-7-14(12)23-17(25)15-5-3-9-22(15)18(23)26/h1-2,4,6-8,10,25H,3,5,9H2,(H,21,24). The van der Waals surface area contributed by atoms with E-state index in [0.29, 0.717) is 30.0 Å². The van der Waals surface area contributed by atoms with Gasteiger partial charge in [0, 0.05) is 18.4 Å². The number of aromatic hydroxyl groups is 1. The molecule has 0 unspecified atom stereocenters. The van der Waals surface area contributed by atoms with Crippen LogP contribution < -0.4 is 11.0 Å². The smallest absolute Gasteiger partial charge is 0.335 e. The Balaban J connectivity index is 1.66. The molecule has 132 valence electrons. The normalized spacial score (nSPS) is 12.8. The number of anilines is 1. The first kappa shape index (κ1) is 16.4. The van der Waals surface area contributed by atoms with Crippen molar-refractivity contribution in [2.24, 2.45) is 0 Å². The zero-order valence-electron chi connectivity index (χ0n) is 13.6. The number of hydrogen-bond acceptors (Lipinski definition) is 4. The summed E-state index contributed by atoms with van der Waals surface area (Å²) in [7, 11) is 0. The second-order valence-electron chi connectivity index (χ2n) is 5.98. The van der Waals surface area contributed by atoms with Gasteiger partial charge in [0.15, 0.2) is 0 Å². The van der Waals surface area contributed by atoms with Crippen molar-refractivity contribution in [3.8, 4) is 11.6 Å². The first-order chi connectivity index (χ1) is 12.6. The third-order valence-corrected chi connectivity index (χ3v) is 4.66. The third-order valence-electron chi connectivity index (χ3n) is 4.36. The molecule has 1 aliphatic rings. The molecule has 0 atom stereocenters. The fourth-order valence-corrected chi connectivity index (χ4v) is 3.40. The summed E-state index contributed by atoms with van der Waals surface area (Å²) in [6, 6.07) is 9.79. The van der Waals surface area contributed by atoms with Crippen molar-refractivity contribution in [1.82, 2.24) is 14.1 Å². The van der Waals surface area contributed by atoms with E-state index in [2.05, 4.69) is 10.3 Å². The molecule has 3 heterocycles. The average Bonchev–Trinajstić information content (AvgIpc) is 3.21. The zero-order chi connectivity index (χ0) is 18.3. The van der Waals surface area contributed by atoms with Crippen molar-refractivity contribution in [2.45, 2.75) is 19.4 Å². The molecule has 0 saturated heterocycles. The van der Waals surface area contributed by atoms with Gasteiger partial charge in [-0.15, -0.1) is 0 Å². The lowest BCUT2D eigenvalue weighted by molar-refractivity contribution is 0.102.